The highest BCUT2D eigenvalue weighted by Gasteiger charge is 2.34. The molecule has 3 atom stereocenters. The van der Waals surface area contributed by atoms with Gasteiger partial charge in [-0.2, -0.15) is 0 Å². The van der Waals surface area contributed by atoms with Crippen molar-refractivity contribution in [3.05, 3.63) is 0 Å². The van der Waals surface area contributed by atoms with E-state index < -0.39 is 0 Å². The number of amides is 1. The number of hydrogen-bond donors (Lipinski definition) is 1. The van der Waals surface area contributed by atoms with Gasteiger partial charge in [0.1, 0.15) is 0 Å². The first-order valence-electron chi connectivity index (χ1n) is 7.75. The Kier molecular flexibility index (Phi) is 5.22. The topological polar surface area (TPSA) is 49.6 Å². The smallest absolute Gasteiger partial charge is 0.225 e. The summed E-state index contributed by atoms with van der Waals surface area (Å²) in [5.74, 6) is 1.59. The van der Waals surface area contributed by atoms with Gasteiger partial charge in [0.15, 0.2) is 0 Å². The summed E-state index contributed by atoms with van der Waals surface area (Å²) >= 11 is 0. The van der Waals surface area contributed by atoms with Gasteiger partial charge in [-0.1, -0.05) is 6.42 Å². The van der Waals surface area contributed by atoms with Gasteiger partial charge in [-0.05, 0) is 57.7 Å². The van der Waals surface area contributed by atoms with Gasteiger partial charge in [0.25, 0.3) is 0 Å². The summed E-state index contributed by atoms with van der Waals surface area (Å²) < 4.78 is 0. The molecule has 0 aromatic carbocycles. The molecular weight excluding hydrogens is 238 g/mol. The van der Waals surface area contributed by atoms with Crippen molar-refractivity contribution in [2.24, 2.45) is 23.5 Å². The Labute approximate surface area is 117 Å². The molecule has 2 fully saturated rings. The SMILES string of the molecule is CN1CCCC(CN(C)C(=O)[C@@H]2CCC[C@@H]2CN)C1. The summed E-state index contributed by atoms with van der Waals surface area (Å²) in [6, 6.07) is 0. The van der Waals surface area contributed by atoms with Crippen molar-refractivity contribution in [3.8, 4) is 0 Å². The number of hydrogen-bond acceptors (Lipinski definition) is 3. The van der Waals surface area contributed by atoms with E-state index in [0.717, 1.165) is 32.4 Å². The van der Waals surface area contributed by atoms with E-state index in [9.17, 15) is 4.79 Å². The molecule has 2 N–H and O–H groups in total. The first kappa shape index (κ1) is 14.8. The van der Waals surface area contributed by atoms with Gasteiger partial charge in [-0.25, -0.2) is 0 Å². The average Bonchev–Trinajstić information content (AvgIpc) is 2.86. The zero-order chi connectivity index (χ0) is 13.8. The van der Waals surface area contributed by atoms with Crippen LogP contribution in [-0.2, 0) is 4.79 Å². The Morgan fingerprint density at radius 3 is 2.79 bits per heavy atom. The molecule has 0 radical (unpaired) electrons. The largest absolute Gasteiger partial charge is 0.345 e. The molecule has 1 unspecified atom stereocenters. The average molecular weight is 267 g/mol. The Bertz CT molecular complexity index is 308. The van der Waals surface area contributed by atoms with Crippen molar-refractivity contribution in [1.29, 1.82) is 0 Å². The van der Waals surface area contributed by atoms with Crippen LogP contribution in [0.25, 0.3) is 0 Å². The maximum atomic E-state index is 12.5. The molecular formula is C15H29N3O. The zero-order valence-corrected chi connectivity index (χ0v) is 12.5. The second-order valence-electron chi connectivity index (χ2n) is 6.52. The van der Waals surface area contributed by atoms with E-state index in [-0.39, 0.29) is 5.92 Å². The fourth-order valence-corrected chi connectivity index (χ4v) is 3.83. The molecule has 4 nitrogen and oxygen atoms in total. The number of carbonyl (C=O) groups is 1. The predicted octanol–water partition coefficient (Wildman–Crippen LogP) is 1.16. The molecule has 1 amide bonds. The van der Waals surface area contributed by atoms with Gasteiger partial charge in [0, 0.05) is 26.1 Å². The van der Waals surface area contributed by atoms with Crippen LogP contribution in [0.15, 0.2) is 0 Å². The molecule has 4 heteroatoms. The molecule has 1 heterocycles. The minimum atomic E-state index is 0.191. The Balaban J connectivity index is 1.84. The maximum Gasteiger partial charge on any atom is 0.225 e. The predicted molar refractivity (Wildman–Crippen MR) is 77.7 cm³/mol. The third-order valence-corrected chi connectivity index (χ3v) is 4.91. The van der Waals surface area contributed by atoms with Crippen LogP contribution in [-0.4, -0.2) is 56.0 Å². The van der Waals surface area contributed by atoms with Gasteiger partial charge < -0.3 is 15.5 Å². The summed E-state index contributed by atoms with van der Waals surface area (Å²) in [4.78, 5) is 16.9. The Morgan fingerprint density at radius 2 is 2.11 bits per heavy atom. The lowest BCUT2D eigenvalue weighted by atomic mass is 9.93. The summed E-state index contributed by atoms with van der Waals surface area (Å²) in [7, 11) is 4.15. The van der Waals surface area contributed by atoms with Crippen molar-refractivity contribution < 1.29 is 4.79 Å². The van der Waals surface area contributed by atoms with Crippen LogP contribution in [0.4, 0.5) is 0 Å². The quantitative estimate of drug-likeness (QED) is 0.831. The van der Waals surface area contributed by atoms with Crippen LogP contribution in [0.1, 0.15) is 32.1 Å². The normalized spacial score (nSPS) is 32.5. The molecule has 1 aliphatic heterocycles. The number of carbonyl (C=O) groups excluding carboxylic acids is 1. The van der Waals surface area contributed by atoms with Crippen molar-refractivity contribution in [2.75, 3.05) is 40.3 Å². The van der Waals surface area contributed by atoms with Crippen LogP contribution < -0.4 is 5.73 Å². The highest BCUT2D eigenvalue weighted by Crippen LogP contribution is 2.32. The van der Waals surface area contributed by atoms with Crippen molar-refractivity contribution in [2.45, 2.75) is 32.1 Å². The number of rotatable bonds is 4. The summed E-state index contributed by atoms with van der Waals surface area (Å²) in [5, 5.41) is 0. The molecule has 0 spiro atoms. The van der Waals surface area contributed by atoms with Gasteiger partial charge in [-0.15, -0.1) is 0 Å². The number of nitrogens with two attached hydrogens (primary N) is 1. The number of nitrogens with zero attached hydrogens (tertiary/aromatic N) is 2. The fraction of sp³-hybridized carbons (Fsp3) is 0.933. The summed E-state index contributed by atoms with van der Waals surface area (Å²) in [6.07, 6.45) is 5.85. The second kappa shape index (κ2) is 6.71. The lowest BCUT2D eigenvalue weighted by Crippen LogP contribution is -2.43. The molecule has 1 aliphatic carbocycles. The minimum Gasteiger partial charge on any atom is -0.345 e. The van der Waals surface area contributed by atoms with Crippen molar-refractivity contribution >= 4 is 5.91 Å². The van der Waals surface area contributed by atoms with Crippen LogP contribution in [0.2, 0.25) is 0 Å². The van der Waals surface area contributed by atoms with Gasteiger partial charge >= 0.3 is 0 Å². The van der Waals surface area contributed by atoms with E-state index in [0.29, 0.717) is 24.3 Å². The fourth-order valence-electron chi connectivity index (χ4n) is 3.83. The number of likely N-dealkylation sites (tertiary alicyclic amines) is 1. The standard InChI is InChI=1S/C15H29N3O/c1-17-8-4-5-12(10-17)11-18(2)15(19)14-7-3-6-13(14)9-16/h12-14H,3-11,16H2,1-2H3/t12?,13-,14-/m1/s1. The lowest BCUT2D eigenvalue weighted by Gasteiger charge is -2.33. The van der Waals surface area contributed by atoms with Crippen LogP contribution in [0.3, 0.4) is 0 Å². The van der Waals surface area contributed by atoms with E-state index >= 15 is 0 Å². The molecule has 19 heavy (non-hydrogen) atoms. The van der Waals surface area contributed by atoms with Crippen LogP contribution >= 0.6 is 0 Å². The van der Waals surface area contributed by atoms with E-state index in [1.807, 2.05) is 11.9 Å². The molecule has 1 saturated heterocycles. The van der Waals surface area contributed by atoms with Crippen molar-refractivity contribution in [3.63, 3.8) is 0 Å². The van der Waals surface area contributed by atoms with Crippen LogP contribution in [0, 0.1) is 17.8 Å². The summed E-state index contributed by atoms with van der Waals surface area (Å²) in [6.45, 7) is 3.90. The van der Waals surface area contributed by atoms with Crippen LogP contribution in [0.5, 0.6) is 0 Å². The van der Waals surface area contributed by atoms with Gasteiger partial charge in [0.2, 0.25) is 5.91 Å². The first-order chi connectivity index (χ1) is 9.11. The summed E-state index contributed by atoms with van der Waals surface area (Å²) in [5.41, 5.74) is 5.79. The van der Waals surface area contributed by atoms with Gasteiger partial charge in [-0.3, -0.25) is 4.79 Å². The van der Waals surface area contributed by atoms with E-state index in [4.69, 9.17) is 5.73 Å². The maximum absolute atomic E-state index is 12.5. The third-order valence-electron chi connectivity index (χ3n) is 4.91. The minimum absolute atomic E-state index is 0.191. The van der Waals surface area contributed by atoms with E-state index in [1.165, 1.54) is 19.4 Å². The Morgan fingerprint density at radius 1 is 1.32 bits per heavy atom. The third kappa shape index (κ3) is 3.69. The van der Waals surface area contributed by atoms with Crippen molar-refractivity contribution in [1.82, 2.24) is 9.80 Å². The molecule has 0 aromatic heterocycles. The molecule has 110 valence electrons. The highest BCUT2D eigenvalue weighted by molar-refractivity contribution is 5.79. The molecule has 2 rings (SSSR count). The second-order valence-corrected chi connectivity index (χ2v) is 6.52. The highest BCUT2D eigenvalue weighted by atomic mass is 16.2. The molecule has 1 saturated carbocycles. The Hall–Kier alpha value is -0.610. The first-order valence-corrected chi connectivity index (χ1v) is 7.75. The lowest BCUT2D eigenvalue weighted by molar-refractivity contribution is -0.136. The monoisotopic (exact) mass is 267 g/mol. The molecule has 0 bridgehead atoms. The molecule has 0 aromatic rings. The van der Waals surface area contributed by atoms with E-state index in [2.05, 4.69) is 11.9 Å². The van der Waals surface area contributed by atoms with Gasteiger partial charge in [0.05, 0.1) is 0 Å². The zero-order valence-electron chi connectivity index (χ0n) is 12.5. The number of piperidine rings is 1. The molecule has 2 aliphatic rings. The van der Waals surface area contributed by atoms with E-state index in [1.54, 1.807) is 0 Å².